The minimum atomic E-state index is 0.0463. The van der Waals surface area contributed by atoms with Crippen LogP contribution in [0, 0.1) is 0 Å². The van der Waals surface area contributed by atoms with Gasteiger partial charge in [-0.25, -0.2) is 4.98 Å². The monoisotopic (exact) mass is 319 g/mol. The van der Waals surface area contributed by atoms with Crippen LogP contribution in [0.2, 0.25) is 0 Å². The Morgan fingerprint density at radius 3 is 2.38 bits per heavy atom. The van der Waals surface area contributed by atoms with Crippen molar-refractivity contribution in [2.75, 3.05) is 13.1 Å². The lowest BCUT2D eigenvalue weighted by atomic mass is 10.1. The molecular weight excluding hydrogens is 298 g/mol. The molecule has 1 aliphatic rings. The van der Waals surface area contributed by atoms with Gasteiger partial charge in [0.1, 0.15) is 5.82 Å². The maximum atomic E-state index is 13.1. The van der Waals surface area contributed by atoms with E-state index >= 15 is 0 Å². The Morgan fingerprint density at radius 1 is 0.875 bits per heavy atom. The van der Waals surface area contributed by atoms with E-state index in [-0.39, 0.29) is 5.56 Å². The van der Waals surface area contributed by atoms with Gasteiger partial charge in [0, 0.05) is 5.56 Å². The third-order valence-electron chi connectivity index (χ3n) is 4.68. The number of aromatic nitrogens is 2. The van der Waals surface area contributed by atoms with Crippen LogP contribution in [0.15, 0.2) is 59.4 Å². The van der Waals surface area contributed by atoms with E-state index in [2.05, 4.69) is 4.90 Å². The highest BCUT2D eigenvalue weighted by Gasteiger charge is 2.16. The largest absolute Gasteiger partial charge is 0.286 e. The SMILES string of the molecule is O=c1c2ccccc2nc(-c2ccccc2)n1CN1CCCCC1. The molecule has 2 aromatic carbocycles. The van der Waals surface area contributed by atoms with Crippen molar-refractivity contribution in [3.8, 4) is 11.4 Å². The zero-order valence-corrected chi connectivity index (χ0v) is 13.7. The van der Waals surface area contributed by atoms with E-state index < -0.39 is 0 Å². The number of nitrogens with zero attached hydrogens (tertiary/aromatic N) is 3. The summed E-state index contributed by atoms with van der Waals surface area (Å²) in [4.78, 5) is 20.3. The fourth-order valence-corrected chi connectivity index (χ4v) is 3.41. The van der Waals surface area contributed by atoms with Gasteiger partial charge >= 0.3 is 0 Å². The first-order valence-corrected chi connectivity index (χ1v) is 8.60. The summed E-state index contributed by atoms with van der Waals surface area (Å²) in [7, 11) is 0. The van der Waals surface area contributed by atoms with Gasteiger partial charge in [-0.2, -0.15) is 0 Å². The smallest absolute Gasteiger partial charge is 0.262 e. The number of rotatable bonds is 3. The fourth-order valence-electron chi connectivity index (χ4n) is 3.41. The van der Waals surface area contributed by atoms with Crippen molar-refractivity contribution < 1.29 is 0 Å². The van der Waals surface area contributed by atoms with Gasteiger partial charge in [-0.05, 0) is 38.1 Å². The van der Waals surface area contributed by atoms with Gasteiger partial charge in [-0.3, -0.25) is 14.3 Å². The lowest BCUT2D eigenvalue weighted by Crippen LogP contribution is -2.36. The molecule has 1 aliphatic heterocycles. The quantitative estimate of drug-likeness (QED) is 0.741. The molecule has 2 heterocycles. The molecule has 1 aromatic heterocycles. The van der Waals surface area contributed by atoms with Gasteiger partial charge in [0.05, 0.1) is 17.6 Å². The van der Waals surface area contributed by atoms with E-state index in [1.54, 1.807) is 0 Å². The van der Waals surface area contributed by atoms with Crippen LogP contribution in [0.4, 0.5) is 0 Å². The molecule has 0 saturated carbocycles. The van der Waals surface area contributed by atoms with Crippen molar-refractivity contribution in [1.29, 1.82) is 0 Å². The molecule has 0 bridgehead atoms. The van der Waals surface area contributed by atoms with Crippen molar-refractivity contribution in [1.82, 2.24) is 14.5 Å². The van der Waals surface area contributed by atoms with Gasteiger partial charge in [0.25, 0.3) is 5.56 Å². The van der Waals surface area contributed by atoms with Gasteiger partial charge in [-0.1, -0.05) is 48.9 Å². The molecule has 0 radical (unpaired) electrons. The van der Waals surface area contributed by atoms with Crippen molar-refractivity contribution in [2.24, 2.45) is 0 Å². The van der Waals surface area contributed by atoms with Crippen LogP contribution >= 0.6 is 0 Å². The molecule has 3 aromatic rings. The van der Waals surface area contributed by atoms with E-state index in [9.17, 15) is 4.79 Å². The average molecular weight is 319 g/mol. The molecule has 0 atom stereocenters. The molecule has 0 spiro atoms. The molecule has 0 N–H and O–H groups in total. The first-order valence-electron chi connectivity index (χ1n) is 8.60. The normalized spacial score (nSPS) is 15.7. The minimum Gasteiger partial charge on any atom is -0.286 e. The predicted octanol–water partition coefficient (Wildman–Crippen LogP) is 3.51. The van der Waals surface area contributed by atoms with E-state index in [1.807, 2.05) is 59.2 Å². The van der Waals surface area contributed by atoms with Crippen LogP contribution < -0.4 is 5.56 Å². The maximum absolute atomic E-state index is 13.1. The van der Waals surface area contributed by atoms with Crippen molar-refractivity contribution >= 4 is 10.9 Å². The van der Waals surface area contributed by atoms with Crippen molar-refractivity contribution in [2.45, 2.75) is 25.9 Å². The Morgan fingerprint density at radius 2 is 1.58 bits per heavy atom. The van der Waals surface area contributed by atoms with Crippen molar-refractivity contribution in [3.63, 3.8) is 0 Å². The van der Waals surface area contributed by atoms with Crippen LogP contribution in [0.25, 0.3) is 22.3 Å². The van der Waals surface area contributed by atoms with E-state index in [4.69, 9.17) is 4.98 Å². The lowest BCUT2D eigenvalue weighted by Gasteiger charge is -2.28. The summed E-state index contributed by atoms with van der Waals surface area (Å²) in [6.07, 6.45) is 3.69. The predicted molar refractivity (Wildman–Crippen MR) is 96.9 cm³/mol. The zero-order chi connectivity index (χ0) is 16.4. The Balaban J connectivity index is 1.88. The number of para-hydroxylation sites is 1. The van der Waals surface area contributed by atoms with Gasteiger partial charge in [0.15, 0.2) is 0 Å². The zero-order valence-electron chi connectivity index (χ0n) is 13.7. The number of hydrogen-bond donors (Lipinski definition) is 0. The number of piperidine rings is 1. The summed E-state index contributed by atoms with van der Waals surface area (Å²) in [6.45, 7) is 2.71. The first-order chi connectivity index (χ1) is 11.8. The van der Waals surface area contributed by atoms with Gasteiger partial charge in [0.2, 0.25) is 0 Å². The van der Waals surface area contributed by atoms with Crippen LogP contribution in [0.5, 0.6) is 0 Å². The highest BCUT2D eigenvalue weighted by molar-refractivity contribution is 5.79. The molecule has 1 saturated heterocycles. The molecule has 4 heteroatoms. The second-order valence-electron chi connectivity index (χ2n) is 6.37. The van der Waals surface area contributed by atoms with Gasteiger partial charge < -0.3 is 0 Å². The first kappa shape index (κ1) is 15.1. The van der Waals surface area contributed by atoms with Crippen LogP contribution in [-0.4, -0.2) is 27.5 Å². The molecular formula is C20H21N3O. The molecule has 24 heavy (non-hydrogen) atoms. The third kappa shape index (κ3) is 2.85. The third-order valence-corrected chi connectivity index (χ3v) is 4.68. The van der Waals surface area contributed by atoms with E-state index in [0.29, 0.717) is 12.1 Å². The highest BCUT2D eigenvalue weighted by atomic mass is 16.1. The average Bonchev–Trinajstić information content (AvgIpc) is 2.65. The summed E-state index contributed by atoms with van der Waals surface area (Å²) in [5.74, 6) is 0.755. The van der Waals surface area contributed by atoms with Gasteiger partial charge in [-0.15, -0.1) is 0 Å². The Kier molecular flexibility index (Phi) is 4.13. The Hall–Kier alpha value is -2.46. The number of hydrogen-bond acceptors (Lipinski definition) is 3. The maximum Gasteiger partial charge on any atom is 0.262 e. The number of benzene rings is 2. The van der Waals surface area contributed by atoms with Crippen LogP contribution in [0.3, 0.4) is 0 Å². The molecule has 0 unspecified atom stereocenters. The van der Waals surface area contributed by atoms with E-state index in [0.717, 1.165) is 30.0 Å². The van der Waals surface area contributed by atoms with Crippen LogP contribution in [0.1, 0.15) is 19.3 Å². The Bertz CT molecular complexity index is 896. The van der Waals surface area contributed by atoms with E-state index in [1.165, 1.54) is 19.3 Å². The Labute approximate surface area is 141 Å². The fraction of sp³-hybridized carbons (Fsp3) is 0.300. The molecule has 4 rings (SSSR count). The van der Waals surface area contributed by atoms with Crippen molar-refractivity contribution in [3.05, 3.63) is 65.0 Å². The summed E-state index contributed by atoms with van der Waals surface area (Å²) >= 11 is 0. The summed E-state index contributed by atoms with van der Waals surface area (Å²) in [5.41, 5.74) is 1.79. The topological polar surface area (TPSA) is 38.1 Å². The second kappa shape index (κ2) is 6.57. The second-order valence-corrected chi connectivity index (χ2v) is 6.37. The molecule has 4 nitrogen and oxygen atoms in total. The number of fused-ring (bicyclic) bond motifs is 1. The minimum absolute atomic E-state index is 0.0463. The number of likely N-dealkylation sites (tertiary alicyclic amines) is 1. The molecule has 0 amide bonds. The molecule has 0 aliphatic carbocycles. The summed E-state index contributed by atoms with van der Waals surface area (Å²) < 4.78 is 1.84. The summed E-state index contributed by atoms with van der Waals surface area (Å²) in [5, 5.41) is 0.689. The molecule has 1 fully saturated rings. The molecule has 122 valence electrons. The standard InChI is InChI=1S/C20H21N3O/c24-20-17-11-5-6-12-18(17)21-19(16-9-3-1-4-10-16)23(20)15-22-13-7-2-8-14-22/h1,3-6,9-12H,2,7-8,13-15H2. The van der Waals surface area contributed by atoms with Crippen LogP contribution in [-0.2, 0) is 6.67 Å². The highest BCUT2D eigenvalue weighted by Crippen LogP contribution is 2.20. The lowest BCUT2D eigenvalue weighted by molar-refractivity contribution is 0.180. The summed E-state index contributed by atoms with van der Waals surface area (Å²) in [6, 6.07) is 17.6.